The van der Waals surface area contributed by atoms with E-state index in [1.54, 1.807) is 14.0 Å². The number of amides is 2. The maximum Gasteiger partial charge on any atom is 0.294 e. The SMILES string of the molecule is Cc1cc(NC(=O)c2c(C)c(C(=O)C(=O)NC(CO)C(C)O)n(C)c2C)cnc1F. The molecule has 2 aromatic rings. The molecule has 0 saturated carbocycles. The monoisotopic (exact) mass is 420 g/mol. The van der Waals surface area contributed by atoms with Gasteiger partial charge in [0.25, 0.3) is 17.6 Å². The molecule has 4 N–H and O–H groups in total. The molecule has 0 radical (unpaired) electrons. The number of hydrogen-bond acceptors (Lipinski definition) is 6. The van der Waals surface area contributed by atoms with E-state index in [2.05, 4.69) is 15.6 Å². The summed E-state index contributed by atoms with van der Waals surface area (Å²) in [6.07, 6.45) is 0.121. The van der Waals surface area contributed by atoms with Crippen molar-refractivity contribution in [3.8, 4) is 0 Å². The topological polar surface area (TPSA) is 134 Å². The van der Waals surface area contributed by atoms with Gasteiger partial charge in [-0.15, -0.1) is 0 Å². The normalized spacial score (nSPS) is 12.9. The summed E-state index contributed by atoms with van der Waals surface area (Å²) in [6, 6.07) is 0.429. The molecule has 0 spiro atoms. The fourth-order valence-corrected chi connectivity index (χ4v) is 3.11. The summed E-state index contributed by atoms with van der Waals surface area (Å²) in [7, 11) is 1.54. The van der Waals surface area contributed by atoms with Gasteiger partial charge in [0.05, 0.1) is 41.9 Å². The van der Waals surface area contributed by atoms with Crippen molar-refractivity contribution in [3.63, 3.8) is 0 Å². The lowest BCUT2D eigenvalue weighted by Crippen LogP contribution is -2.47. The number of aliphatic hydroxyl groups is 2. The molecule has 9 nitrogen and oxygen atoms in total. The third kappa shape index (κ3) is 4.55. The van der Waals surface area contributed by atoms with Crippen LogP contribution in [0.2, 0.25) is 0 Å². The van der Waals surface area contributed by atoms with E-state index >= 15 is 0 Å². The first-order valence-corrected chi connectivity index (χ1v) is 9.23. The average Bonchev–Trinajstić information content (AvgIpc) is 2.90. The van der Waals surface area contributed by atoms with Gasteiger partial charge in [0.2, 0.25) is 5.95 Å². The molecule has 2 unspecified atom stereocenters. The third-order valence-corrected chi connectivity index (χ3v) is 4.95. The van der Waals surface area contributed by atoms with Crippen LogP contribution in [0.15, 0.2) is 12.3 Å². The van der Waals surface area contributed by atoms with Crippen LogP contribution in [0.4, 0.5) is 10.1 Å². The number of Topliss-reactive ketones (excluding diaryl/α,β-unsaturated/α-hetero) is 1. The van der Waals surface area contributed by atoms with Gasteiger partial charge < -0.3 is 25.4 Å². The first-order chi connectivity index (χ1) is 14.0. The van der Waals surface area contributed by atoms with Crippen molar-refractivity contribution in [1.29, 1.82) is 0 Å². The highest BCUT2D eigenvalue weighted by molar-refractivity contribution is 6.43. The highest BCUT2D eigenvalue weighted by atomic mass is 19.1. The van der Waals surface area contributed by atoms with Crippen molar-refractivity contribution < 1.29 is 29.0 Å². The third-order valence-electron chi connectivity index (χ3n) is 4.95. The van der Waals surface area contributed by atoms with Crippen molar-refractivity contribution in [2.45, 2.75) is 39.8 Å². The van der Waals surface area contributed by atoms with Crippen LogP contribution in [-0.4, -0.2) is 56.1 Å². The Morgan fingerprint density at radius 1 is 1.27 bits per heavy atom. The second-order valence-electron chi connectivity index (χ2n) is 7.11. The molecule has 2 atom stereocenters. The molecule has 2 amide bonds. The lowest BCUT2D eigenvalue weighted by atomic mass is 10.1. The van der Waals surface area contributed by atoms with E-state index in [1.807, 2.05) is 0 Å². The number of nitrogens with one attached hydrogen (secondary N) is 2. The van der Waals surface area contributed by atoms with Gasteiger partial charge in [-0.1, -0.05) is 0 Å². The zero-order valence-corrected chi connectivity index (χ0v) is 17.4. The quantitative estimate of drug-likeness (QED) is 0.297. The summed E-state index contributed by atoms with van der Waals surface area (Å²) in [4.78, 5) is 41.4. The lowest BCUT2D eigenvalue weighted by molar-refractivity contribution is -0.118. The maximum atomic E-state index is 13.3. The van der Waals surface area contributed by atoms with Gasteiger partial charge in [0.1, 0.15) is 0 Å². The van der Waals surface area contributed by atoms with Crippen LogP contribution in [-0.2, 0) is 11.8 Å². The number of aromatic nitrogens is 2. The first-order valence-electron chi connectivity index (χ1n) is 9.23. The number of pyridine rings is 1. The van der Waals surface area contributed by atoms with Crippen molar-refractivity contribution >= 4 is 23.3 Å². The van der Waals surface area contributed by atoms with Crippen LogP contribution < -0.4 is 10.6 Å². The Kier molecular flexibility index (Phi) is 7.06. The summed E-state index contributed by atoms with van der Waals surface area (Å²) in [6.45, 7) is 5.50. The van der Waals surface area contributed by atoms with E-state index in [1.165, 1.54) is 37.6 Å². The minimum Gasteiger partial charge on any atom is -0.394 e. The highest BCUT2D eigenvalue weighted by Gasteiger charge is 2.30. The zero-order valence-electron chi connectivity index (χ0n) is 17.4. The molecule has 0 aliphatic heterocycles. The Morgan fingerprint density at radius 3 is 2.43 bits per heavy atom. The van der Waals surface area contributed by atoms with Crippen LogP contribution in [0.25, 0.3) is 0 Å². The van der Waals surface area contributed by atoms with Crippen LogP contribution >= 0.6 is 0 Å². The van der Waals surface area contributed by atoms with Gasteiger partial charge >= 0.3 is 0 Å². The summed E-state index contributed by atoms with van der Waals surface area (Å²) in [5.74, 6) is -3.10. The van der Waals surface area contributed by atoms with E-state index in [9.17, 15) is 29.0 Å². The Morgan fingerprint density at radius 2 is 1.90 bits per heavy atom. The fourth-order valence-electron chi connectivity index (χ4n) is 3.11. The number of ketones is 1. The number of aryl methyl sites for hydroxylation is 1. The van der Waals surface area contributed by atoms with E-state index in [4.69, 9.17) is 0 Å². The molecular weight excluding hydrogens is 395 g/mol. The van der Waals surface area contributed by atoms with Gasteiger partial charge in [0.15, 0.2) is 0 Å². The van der Waals surface area contributed by atoms with Crippen molar-refractivity contribution in [1.82, 2.24) is 14.9 Å². The van der Waals surface area contributed by atoms with Crippen molar-refractivity contribution in [2.75, 3.05) is 11.9 Å². The standard InChI is InChI=1S/C20H25FN4O5/c1-9-6-13(7-22-18(9)21)23-19(29)15-10(2)16(25(5)11(15)3)17(28)20(30)24-14(8-26)12(4)27/h6-7,12,14,26-27H,8H2,1-5H3,(H,23,29)(H,24,30). The molecule has 162 valence electrons. The number of hydrogen-bond donors (Lipinski definition) is 4. The van der Waals surface area contributed by atoms with Crippen LogP contribution in [0.1, 0.15) is 44.6 Å². The van der Waals surface area contributed by atoms with Crippen molar-refractivity contribution in [2.24, 2.45) is 7.05 Å². The van der Waals surface area contributed by atoms with Gasteiger partial charge in [-0.3, -0.25) is 14.4 Å². The van der Waals surface area contributed by atoms with E-state index in [-0.39, 0.29) is 28.1 Å². The first kappa shape index (κ1) is 23.2. The second-order valence-corrected chi connectivity index (χ2v) is 7.11. The van der Waals surface area contributed by atoms with E-state index in [0.717, 1.165) is 0 Å². The molecule has 2 heterocycles. The lowest BCUT2D eigenvalue weighted by Gasteiger charge is -2.18. The average molecular weight is 420 g/mol. The molecule has 0 fully saturated rings. The second kappa shape index (κ2) is 9.14. The minimum atomic E-state index is -1.06. The molecule has 0 aromatic carbocycles. The fraction of sp³-hybridized carbons (Fsp3) is 0.400. The van der Waals surface area contributed by atoms with E-state index < -0.39 is 42.3 Å². The molecule has 30 heavy (non-hydrogen) atoms. The summed E-state index contributed by atoms with van der Waals surface area (Å²) < 4.78 is 14.8. The summed E-state index contributed by atoms with van der Waals surface area (Å²) in [5.41, 5.74) is 1.49. The Hall–Kier alpha value is -3.11. The molecule has 0 aliphatic rings. The van der Waals surface area contributed by atoms with Gasteiger partial charge in [-0.25, -0.2) is 4.98 Å². The number of anilines is 1. The number of aliphatic hydroxyl groups excluding tert-OH is 2. The molecular formula is C20H25FN4O5. The predicted octanol–water partition coefficient (Wildman–Crippen LogP) is 0.777. The molecule has 0 bridgehead atoms. The summed E-state index contributed by atoms with van der Waals surface area (Å²) in [5, 5.41) is 23.7. The number of carbonyl (C=O) groups is 3. The highest BCUT2D eigenvalue weighted by Crippen LogP contribution is 2.23. The van der Waals surface area contributed by atoms with Crippen LogP contribution in [0.5, 0.6) is 0 Å². The van der Waals surface area contributed by atoms with Gasteiger partial charge in [0, 0.05) is 18.3 Å². The Balaban J connectivity index is 2.33. The molecule has 10 heteroatoms. The molecule has 2 rings (SSSR count). The largest absolute Gasteiger partial charge is 0.394 e. The van der Waals surface area contributed by atoms with Crippen LogP contribution in [0.3, 0.4) is 0 Å². The van der Waals surface area contributed by atoms with Crippen LogP contribution in [0, 0.1) is 26.7 Å². The van der Waals surface area contributed by atoms with Gasteiger partial charge in [-0.2, -0.15) is 4.39 Å². The molecule has 2 aromatic heterocycles. The number of rotatable bonds is 7. The van der Waals surface area contributed by atoms with Crippen molar-refractivity contribution in [3.05, 3.63) is 46.3 Å². The molecule has 0 aliphatic carbocycles. The van der Waals surface area contributed by atoms with E-state index in [0.29, 0.717) is 5.69 Å². The summed E-state index contributed by atoms with van der Waals surface area (Å²) >= 11 is 0. The smallest absolute Gasteiger partial charge is 0.294 e. The maximum absolute atomic E-state index is 13.3. The zero-order chi connectivity index (χ0) is 22.7. The Labute approximate surface area is 172 Å². The predicted molar refractivity (Wildman–Crippen MR) is 107 cm³/mol. The van der Waals surface area contributed by atoms with Gasteiger partial charge in [-0.05, 0) is 39.3 Å². The Bertz CT molecular complexity index is 1000. The number of carbonyl (C=O) groups excluding carboxylic acids is 3. The minimum absolute atomic E-state index is 0.00541. The number of halogens is 1. The molecule has 0 saturated heterocycles. The number of nitrogens with zero attached hydrogens (tertiary/aromatic N) is 2.